The average molecular weight is 387 g/mol. The van der Waals surface area contributed by atoms with Gasteiger partial charge in [0.05, 0.1) is 11.3 Å². The van der Waals surface area contributed by atoms with E-state index >= 15 is 0 Å². The number of hydrogen-bond acceptors (Lipinski definition) is 5. The number of ether oxygens (including phenoxy) is 1. The maximum atomic E-state index is 14.5. The lowest BCUT2D eigenvalue weighted by atomic mass is 9.83. The molecule has 1 fully saturated rings. The number of nitrogens with one attached hydrogen (secondary N) is 1. The first-order chi connectivity index (χ1) is 13.5. The highest BCUT2D eigenvalue weighted by Crippen LogP contribution is 2.45. The summed E-state index contributed by atoms with van der Waals surface area (Å²) in [6, 6.07) is 1.82. The second-order valence-electron chi connectivity index (χ2n) is 7.70. The van der Waals surface area contributed by atoms with Crippen molar-refractivity contribution in [1.82, 2.24) is 9.97 Å². The first kappa shape index (κ1) is 17.3. The van der Waals surface area contributed by atoms with E-state index in [1.807, 2.05) is 4.90 Å². The van der Waals surface area contributed by atoms with E-state index in [9.17, 15) is 18.4 Å². The molecule has 0 atom stereocenters. The van der Waals surface area contributed by atoms with Gasteiger partial charge < -0.3 is 9.64 Å². The number of carbonyl (C=O) groups excluding carboxylic acids is 1. The van der Waals surface area contributed by atoms with Crippen LogP contribution in [0.3, 0.4) is 0 Å². The Hall–Kier alpha value is -2.77. The van der Waals surface area contributed by atoms with Gasteiger partial charge in [-0.15, -0.1) is 0 Å². The molecule has 8 heteroatoms. The Labute approximate surface area is 159 Å². The molecule has 5 rings (SSSR count). The second kappa shape index (κ2) is 6.12. The molecule has 0 unspecified atom stereocenters. The standard InChI is InChI=1S/C20H19F2N3O3/c21-11-9-13-16(14(22)10-11)20(28-18(13)27)5-7-25(8-6-20)19-23-15-4-2-1-3-12(15)17(26)24-19/h9-10H,1-8H2,(H,23,24,26). The lowest BCUT2D eigenvalue weighted by Crippen LogP contribution is -2.44. The van der Waals surface area contributed by atoms with Crippen LogP contribution in [0.4, 0.5) is 14.7 Å². The van der Waals surface area contributed by atoms with Crippen LogP contribution >= 0.6 is 0 Å². The van der Waals surface area contributed by atoms with Crippen molar-refractivity contribution < 1.29 is 18.3 Å². The number of esters is 1. The molecule has 0 saturated carbocycles. The van der Waals surface area contributed by atoms with Gasteiger partial charge in [-0.25, -0.2) is 18.6 Å². The number of carbonyl (C=O) groups is 1. The predicted octanol–water partition coefficient (Wildman–Crippen LogP) is 2.59. The van der Waals surface area contributed by atoms with E-state index in [2.05, 4.69) is 9.97 Å². The van der Waals surface area contributed by atoms with Crippen LogP contribution in [0.15, 0.2) is 16.9 Å². The van der Waals surface area contributed by atoms with Crippen molar-refractivity contribution in [1.29, 1.82) is 0 Å². The van der Waals surface area contributed by atoms with Crippen LogP contribution in [-0.4, -0.2) is 29.0 Å². The molecule has 1 aromatic carbocycles. The number of aryl methyl sites for hydroxylation is 1. The van der Waals surface area contributed by atoms with Crippen LogP contribution in [0.25, 0.3) is 0 Å². The Bertz CT molecular complexity index is 1040. The van der Waals surface area contributed by atoms with Crippen LogP contribution in [0, 0.1) is 11.6 Å². The fourth-order valence-corrected chi connectivity index (χ4v) is 4.65. The molecule has 0 amide bonds. The zero-order valence-corrected chi connectivity index (χ0v) is 15.2. The monoisotopic (exact) mass is 387 g/mol. The van der Waals surface area contributed by atoms with Crippen LogP contribution in [0.2, 0.25) is 0 Å². The number of benzene rings is 1. The molecule has 2 aromatic rings. The van der Waals surface area contributed by atoms with Crippen LogP contribution in [-0.2, 0) is 23.2 Å². The van der Waals surface area contributed by atoms with Gasteiger partial charge in [0.15, 0.2) is 0 Å². The summed E-state index contributed by atoms with van der Waals surface area (Å²) in [6.45, 7) is 0.872. The quantitative estimate of drug-likeness (QED) is 0.762. The minimum absolute atomic E-state index is 0.0359. The molecular formula is C20H19F2N3O3. The van der Waals surface area contributed by atoms with Crippen molar-refractivity contribution in [3.05, 3.63) is 56.5 Å². The van der Waals surface area contributed by atoms with E-state index < -0.39 is 23.2 Å². The van der Waals surface area contributed by atoms with E-state index in [1.165, 1.54) is 0 Å². The van der Waals surface area contributed by atoms with Crippen molar-refractivity contribution in [2.75, 3.05) is 18.0 Å². The van der Waals surface area contributed by atoms with Gasteiger partial charge >= 0.3 is 5.97 Å². The summed E-state index contributed by atoms with van der Waals surface area (Å²) in [4.78, 5) is 34.0. The molecule has 146 valence electrons. The molecule has 28 heavy (non-hydrogen) atoms. The summed E-state index contributed by atoms with van der Waals surface area (Å²) >= 11 is 0. The van der Waals surface area contributed by atoms with Crippen molar-refractivity contribution in [2.45, 2.75) is 44.1 Å². The molecular weight excluding hydrogens is 368 g/mol. The third-order valence-electron chi connectivity index (χ3n) is 6.07. The maximum absolute atomic E-state index is 14.5. The van der Waals surface area contributed by atoms with Crippen LogP contribution in [0.1, 0.15) is 52.9 Å². The van der Waals surface area contributed by atoms with Gasteiger partial charge in [-0.2, -0.15) is 0 Å². The number of anilines is 1. The fraction of sp³-hybridized carbons (Fsp3) is 0.450. The highest BCUT2D eigenvalue weighted by Gasteiger charge is 2.49. The summed E-state index contributed by atoms with van der Waals surface area (Å²) in [6.07, 6.45) is 4.26. The summed E-state index contributed by atoms with van der Waals surface area (Å²) in [5.41, 5.74) is 0.543. The van der Waals surface area contributed by atoms with Crippen molar-refractivity contribution in [3.8, 4) is 0 Å². The maximum Gasteiger partial charge on any atom is 0.339 e. The molecule has 3 heterocycles. The van der Waals surface area contributed by atoms with E-state index in [4.69, 9.17) is 4.74 Å². The number of halogens is 2. The number of aromatic amines is 1. The molecule has 1 saturated heterocycles. The first-order valence-corrected chi connectivity index (χ1v) is 9.57. The largest absolute Gasteiger partial charge is 0.450 e. The number of H-pyrrole nitrogens is 1. The molecule has 1 aliphatic carbocycles. The van der Waals surface area contributed by atoms with Crippen molar-refractivity contribution in [3.63, 3.8) is 0 Å². The number of nitrogens with zero attached hydrogens (tertiary/aromatic N) is 2. The topological polar surface area (TPSA) is 75.3 Å². The molecule has 1 N–H and O–H groups in total. The van der Waals surface area contributed by atoms with Gasteiger partial charge in [-0.3, -0.25) is 9.78 Å². The Morgan fingerprint density at radius 3 is 2.64 bits per heavy atom. The molecule has 1 aromatic heterocycles. The van der Waals surface area contributed by atoms with Gasteiger partial charge in [-0.1, -0.05) is 0 Å². The minimum atomic E-state index is -1.09. The highest BCUT2D eigenvalue weighted by molar-refractivity contribution is 5.95. The Morgan fingerprint density at radius 2 is 1.86 bits per heavy atom. The van der Waals surface area contributed by atoms with Crippen molar-refractivity contribution >= 4 is 11.9 Å². The highest BCUT2D eigenvalue weighted by atomic mass is 19.1. The molecule has 1 spiro atoms. The molecule has 3 aliphatic rings. The van der Waals surface area contributed by atoms with Gasteiger partial charge in [0, 0.05) is 43.1 Å². The number of aromatic nitrogens is 2. The van der Waals surface area contributed by atoms with E-state index in [0.29, 0.717) is 31.9 Å². The van der Waals surface area contributed by atoms with Crippen molar-refractivity contribution in [2.24, 2.45) is 0 Å². The molecule has 6 nitrogen and oxygen atoms in total. The molecule has 2 aliphatic heterocycles. The Balaban J connectivity index is 1.43. The lowest BCUT2D eigenvalue weighted by molar-refractivity contribution is -0.0225. The summed E-state index contributed by atoms with van der Waals surface area (Å²) in [5, 5.41) is 0. The Morgan fingerprint density at radius 1 is 1.11 bits per heavy atom. The van der Waals surface area contributed by atoms with Gasteiger partial charge in [0.2, 0.25) is 5.95 Å². The predicted molar refractivity (Wildman–Crippen MR) is 96.4 cm³/mol. The van der Waals surface area contributed by atoms with E-state index in [1.54, 1.807) is 0 Å². The third-order valence-corrected chi connectivity index (χ3v) is 6.07. The van der Waals surface area contributed by atoms with Gasteiger partial charge in [0.25, 0.3) is 5.56 Å². The number of piperidine rings is 1. The molecule has 0 radical (unpaired) electrons. The van der Waals surface area contributed by atoms with Crippen LogP contribution in [0.5, 0.6) is 0 Å². The SMILES string of the molecule is O=C1OC2(CCN(c3nc4c(c(=O)[nH]3)CCCC4)CC2)c2c(F)cc(F)cc21. The number of hydrogen-bond donors (Lipinski definition) is 1. The average Bonchev–Trinajstić information content (AvgIpc) is 2.94. The van der Waals surface area contributed by atoms with Gasteiger partial charge in [-0.05, 0) is 31.7 Å². The zero-order valence-electron chi connectivity index (χ0n) is 15.2. The third kappa shape index (κ3) is 2.54. The summed E-state index contributed by atoms with van der Waals surface area (Å²) < 4.78 is 33.5. The second-order valence-corrected chi connectivity index (χ2v) is 7.70. The number of fused-ring (bicyclic) bond motifs is 3. The van der Waals surface area contributed by atoms with Gasteiger partial charge in [0.1, 0.15) is 17.2 Å². The summed E-state index contributed by atoms with van der Waals surface area (Å²) in [7, 11) is 0. The zero-order chi connectivity index (χ0) is 19.5. The van der Waals surface area contributed by atoms with Crippen LogP contribution < -0.4 is 10.5 Å². The lowest BCUT2D eigenvalue weighted by Gasteiger charge is -2.39. The first-order valence-electron chi connectivity index (χ1n) is 9.57. The minimum Gasteiger partial charge on any atom is -0.450 e. The normalized spacial score (nSPS) is 20.1. The molecule has 0 bridgehead atoms. The smallest absolute Gasteiger partial charge is 0.339 e. The van der Waals surface area contributed by atoms with E-state index in [-0.39, 0.29) is 16.7 Å². The number of rotatable bonds is 1. The fourth-order valence-electron chi connectivity index (χ4n) is 4.65. The van der Waals surface area contributed by atoms with E-state index in [0.717, 1.165) is 49.1 Å². The Kier molecular flexibility index (Phi) is 3.79. The summed E-state index contributed by atoms with van der Waals surface area (Å²) in [5.74, 6) is -1.74.